The second kappa shape index (κ2) is 5.09. The molecule has 0 radical (unpaired) electrons. The van der Waals surface area contributed by atoms with E-state index in [1.54, 1.807) is 26.1 Å². The van der Waals surface area contributed by atoms with Crippen LogP contribution in [0.25, 0.3) is 0 Å². The topological polar surface area (TPSA) is 75.6 Å². The Kier molecular flexibility index (Phi) is 4.64. The third kappa shape index (κ3) is 4.00. The van der Waals surface area contributed by atoms with Crippen LogP contribution in [-0.4, -0.2) is 41.7 Å². The van der Waals surface area contributed by atoms with Crippen LogP contribution in [0.1, 0.15) is 20.8 Å². The van der Waals surface area contributed by atoms with Gasteiger partial charge in [0, 0.05) is 0 Å². The van der Waals surface area contributed by atoms with Crippen molar-refractivity contribution >= 4 is 12.1 Å². The zero-order valence-corrected chi connectivity index (χ0v) is 9.34. The quantitative estimate of drug-likeness (QED) is 0.774. The van der Waals surface area contributed by atoms with Gasteiger partial charge in [-0.25, -0.2) is 18.4 Å². The van der Waals surface area contributed by atoms with Gasteiger partial charge < -0.3 is 15.2 Å². The summed E-state index contributed by atoms with van der Waals surface area (Å²) in [4.78, 5) is 21.8. The highest BCUT2D eigenvalue weighted by Crippen LogP contribution is 2.11. The predicted octanol–water partition coefficient (Wildman–Crippen LogP) is 1.27. The van der Waals surface area contributed by atoms with Crippen molar-refractivity contribution in [2.45, 2.75) is 31.9 Å². The Labute approximate surface area is 91.8 Å². The zero-order valence-electron chi connectivity index (χ0n) is 9.34. The molecule has 94 valence electrons. The molecule has 0 aromatic carbocycles. The van der Waals surface area contributed by atoms with Gasteiger partial charge >= 0.3 is 12.1 Å². The Hall–Kier alpha value is -1.40. The van der Waals surface area contributed by atoms with Gasteiger partial charge in [-0.1, -0.05) is 0 Å². The highest BCUT2D eigenvalue weighted by molar-refractivity contribution is 5.84. The van der Waals surface area contributed by atoms with Crippen molar-refractivity contribution in [3.63, 3.8) is 0 Å². The molecule has 0 bridgehead atoms. The number of nitrogens with one attached hydrogen (secondary N) is 1. The summed E-state index contributed by atoms with van der Waals surface area (Å²) in [7, 11) is 0. The van der Waals surface area contributed by atoms with Gasteiger partial charge in [0.15, 0.2) is 5.54 Å². The maximum absolute atomic E-state index is 12.5. The average molecular weight is 239 g/mol. The standard InChI is InChI=1S/C9H15F2NO4/c1-8(2,3)16-7(15)12-9(4-10,5-11)6(13)14/h4-5H2,1-3H3,(H,12,15)(H,13,14). The maximum atomic E-state index is 12.5. The first kappa shape index (κ1) is 14.6. The van der Waals surface area contributed by atoms with Crippen LogP contribution in [0.4, 0.5) is 13.6 Å². The number of carboxylic acids is 1. The van der Waals surface area contributed by atoms with Crippen LogP contribution in [-0.2, 0) is 9.53 Å². The Morgan fingerprint density at radius 1 is 1.25 bits per heavy atom. The predicted molar refractivity (Wildman–Crippen MR) is 51.7 cm³/mol. The molecule has 0 aliphatic carbocycles. The molecule has 0 atom stereocenters. The van der Waals surface area contributed by atoms with Gasteiger partial charge in [-0.2, -0.15) is 0 Å². The number of ether oxygens (including phenoxy) is 1. The number of aliphatic carboxylic acids is 1. The van der Waals surface area contributed by atoms with E-state index in [2.05, 4.69) is 0 Å². The Morgan fingerprint density at radius 2 is 1.69 bits per heavy atom. The van der Waals surface area contributed by atoms with E-state index < -0.39 is 36.6 Å². The second-order valence-corrected chi connectivity index (χ2v) is 4.28. The molecule has 0 aliphatic heterocycles. The molecular weight excluding hydrogens is 224 g/mol. The summed E-state index contributed by atoms with van der Waals surface area (Å²) in [6, 6.07) is 0. The fraction of sp³-hybridized carbons (Fsp3) is 0.778. The molecule has 0 unspecified atom stereocenters. The van der Waals surface area contributed by atoms with E-state index in [1.807, 2.05) is 0 Å². The molecule has 0 rings (SSSR count). The Morgan fingerprint density at radius 3 is 1.94 bits per heavy atom. The van der Waals surface area contributed by atoms with Crippen molar-refractivity contribution in [1.82, 2.24) is 5.32 Å². The van der Waals surface area contributed by atoms with E-state index in [4.69, 9.17) is 9.84 Å². The normalized spacial score (nSPS) is 12.1. The van der Waals surface area contributed by atoms with Crippen molar-refractivity contribution in [1.29, 1.82) is 0 Å². The smallest absolute Gasteiger partial charge is 0.408 e. The zero-order chi connectivity index (χ0) is 13.0. The van der Waals surface area contributed by atoms with Crippen molar-refractivity contribution < 1.29 is 28.2 Å². The summed E-state index contributed by atoms with van der Waals surface area (Å²) in [6.45, 7) is 1.51. The number of hydrogen-bond acceptors (Lipinski definition) is 3. The van der Waals surface area contributed by atoms with Crippen LogP contribution < -0.4 is 5.32 Å². The van der Waals surface area contributed by atoms with Crippen LogP contribution in [0.15, 0.2) is 0 Å². The number of rotatable bonds is 4. The lowest BCUT2D eigenvalue weighted by molar-refractivity contribution is -0.146. The van der Waals surface area contributed by atoms with Gasteiger partial charge in [-0.05, 0) is 20.8 Å². The van der Waals surface area contributed by atoms with E-state index in [9.17, 15) is 18.4 Å². The molecule has 0 aromatic heterocycles. The van der Waals surface area contributed by atoms with Gasteiger partial charge in [0.1, 0.15) is 19.0 Å². The summed E-state index contributed by atoms with van der Waals surface area (Å²) in [5.41, 5.74) is -3.44. The number of carbonyl (C=O) groups excluding carboxylic acids is 1. The van der Waals surface area contributed by atoms with E-state index in [0.717, 1.165) is 0 Å². The molecule has 0 heterocycles. The van der Waals surface area contributed by atoms with Crippen LogP contribution in [0, 0.1) is 0 Å². The lowest BCUT2D eigenvalue weighted by Crippen LogP contribution is -2.59. The van der Waals surface area contributed by atoms with E-state index in [1.165, 1.54) is 0 Å². The molecule has 0 spiro atoms. The van der Waals surface area contributed by atoms with Crippen LogP contribution in [0.5, 0.6) is 0 Å². The Bertz CT molecular complexity index is 271. The summed E-state index contributed by atoms with van der Waals surface area (Å²) < 4.78 is 29.6. The molecular formula is C9H15F2NO4. The van der Waals surface area contributed by atoms with E-state index in [0.29, 0.717) is 0 Å². The molecule has 0 aromatic rings. The number of halogens is 2. The second-order valence-electron chi connectivity index (χ2n) is 4.28. The van der Waals surface area contributed by atoms with Crippen LogP contribution >= 0.6 is 0 Å². The molecule has 0 aliphatic rings. The third-order valence-corrected chi connectivity index (χ3v) is 1.61. The van der Waals surface area contributed by atoms with Crippen molar-refractivity contribution in [2.24, 2.45) is 0 Å². The largest absolute Gasteiger partial charge is 0.479 e. The minimum Gasteiger partial charge on any atom is -0.479 e. The number of carboxylic acid groups (broad SMARTS) is 1. The maximum Gasteiger partial charge on any atom is 0.408 e. The van der Waals surface area contributed by atoms with Gasteiger partial charge in [-0.15, -0.1) is 0 Å². The van der Waals surface area contributed by atoms with E-state index >= 15 is 0 Å². The highest BCUT2D eigenvalue weighted by Gasteiger charge is 2.42. The van der Waals surface area contributed by atoms with Gasteiger partial charge in [0.25, 0.3) is 0 Å². The highest BCUT2D eigenvalue weighted by atomic mass is 19.1. The summed E-state index contributed by atoms with van der Waals surface area (Å²) in [5.74, 6) is -1.79. The summed E-state index contributed by atoms with van der Waals surface area (Å²) in [5, 5.41) is 10.3. The number of alkyl halides is 2. The van der Waals surface area contributed by atoms with Crippen molar-refractivity contribution in [3.05, 3.63) is 0 Å². The summed E-state index contributed by atoms with van der Waals surface area (Å²) in [6.07, 6.45) is -1.18. The molecule has 7 heteroatoms. The molecule has 0 saturated heterocycles. The number of alkyl carbamates (subject to hydrolysis) is 1. The van der Waals surface area contributed by atoms with Crippen molar-refractivity contribution in [3.8, 4) is 0 Å². The lowest BCUT2D eigenvalue weighted by atomic mass is 10.0. The fourth-order valence-electron chi connectivity index (χ4n) is 0.769. The monoisotopic (exact) mass is 239 g/mol. The SMILES string of the molecule is CC(C)(C)OC(=O)NC(CF)(CF)C(=O)O. The van der Waals surface area contributed by atoms with Crippen molar-refractivity contribution in [2.75, 3.05) is 13.3 Å². The first-order valence-electron chi connectivity index (χ1n) is 4.53. The van der Waals surface area contributed by atoms with Crippen LogP contribution in [0.2, 0.25) is 0 Å². The van der Waals surface area contributed by atoms with Gasteiger partial charge in [0.05, 0.1) is 0 Å². The Balaban J connectivity index is 4.66. The molecule has 1 amide bonds. The number of amides is 1. The number of hydrogen-bond donors (Lipinski definition) is 2. The fourth-order valence-corrected chi connectivity index (χ4v) is 0.769. The first-order chi connectivity index (χ1) is 7.17. The molecule has 5 nitrogen and oxygen atoms in total. The third-order valence-electron chi connectivity index (χ3n) is 1.61. The minimum absolute atomic E-state index is 0.874. The molecule has 16 heavy (non-hydrogen) atoms. The molecule has 0 fully saturated rings. The first-order valence-corrected chi connectivity index (χ1v) is 4.53. The molecule has 2 N–H and O–H groups in total. The van der Waals surface area contributed by atoms with Gasteiger partial charge in [0.2, 0.25) is 0 Å². The summed E-state index contributed by atoms with van der Waals surface area (Å²) >= 11 is 0. The molecule has 0 saturated carbocycles. The minimum atomic E-state index is -2.57. The van der Waals surface area contributed by atoms with Crippen LogP contribution in [0.3, 0.4) is 0 Å². The van der Waals surface area contributed by atoms with E-state index in [-0.39, 0.29) is 0 Å². The van der Waals surface area contributed by atoms with Gasteiger partial charge in [-0.3, -0.25) is 0 Å². The average Bonchev–Trinajstić information content (AvgIpc) is 2.10. The number of carbonyl (C=O) groups is 2. The lowest BCUT2D eigenvalue weighted by Gasteiger charge is -2.27.